The van der Waals surface area contributed by atoms with Crippen LogP contribution in [-0.4, -0.2) is 51.9 Å². The number of rotatable bonds is 10. The summed E-state index contributed by atoms with van der Waals surface area (Å²) < 4.78 is 10.5. The zero-order valence-electron chi connectivity index (χ0n) is 13.2. The Kier molecular flexibility index (Phi) is 8.26. The molecule has 4 heteroatoms. The van der Waals surface area contributed by atoms with Gasteiger partial charge >= 0.3 is 0 Å². The Morgan fingerprint density at radius 1 is 1.20 bits per heavy atom. The summed E-state index contributed by atoms with van der Waals surface area (Å²) in [7, 11) is 3.85. The van der Waals surface area contributed by atoms with Gasteiger partial charge in [0.25, 0.3) is 0 Å². The van der Waals surface area contributed by atoms with E-state index in [1.165, 1.54) is 5.56 Å². The van der Waals surface area contributed by atoms with Crippen molar-refractivity contribution in [3.05, 3.63) is 29.8 Å². The lowest BCUT2D eigenvalue weighted by Crippen LogP contribution is -2.32. The van der Waals surface area contributed by atoms with Crippen LogP contribution in [0.2, 0.25) is 0 Å². The molecule has 1 atom stereocenters. The van der Waals surface area contributed by atoms with Gasteiger partial charge in [-0.3, -0.25) is 0 Å². The lowest BCUT2D eigenvalue weighted by molar-refractivity contribution is 0.161. The highest BCUT2D eigenvalue weighted by Crippen LogP contribution is 2.17. The van der Waals surface area contributed by atoms with E-state index in [2.05, 4.69) is 36.3 Å². The van der Waals surface area contributed by atoms with E-state index in [0.29, 0.717) is 12.6 Å². The Labute approximate surface area is 123 Å². The van der Waals surface area contributed by atoms with Crippen molar-refractivity contribution in [2.45, 2.75) is 19.9 Å². The highest BCUT2D eigenvalue weighted by molar-refractivity contribution is 5.28. The topological polar surface area (TPSA) is 33.7 Å². The summed E-state index contributed by atoms with van der Waals surface area (Å²) in [5.41, 5.74) is 1.29. The van der Waals surface area contributed by atoms with Crippen LogP contribution in [0, 0.1) is 0 Å². The van der Waals surface area contributed by atoms with Gasteiger partial charge in [-0.1, -0.05) is 12.1 Å². The molecular formula is C16H28N2O2. The number of hydrogen-bond donors (Lipinski definition) is 1. The molecule has 20 heavy (non-hydrogen) atoms. The molecule has 1 aromatic carbocycles. The zero-order chi connectivity index (χ0) is 14.8. The molecule has 0 amide bonds. The number of methoxy groups -OCH3 is 1. The van der Waals surface area contributed by atoms with Crippen LogP contribution in [-0.2, 0) is 4.74 Å². The quantitative estimate of drug-likeness (QED) is 0.713. The smallest absolute Gasteiger partial charge is 0.119 e. The molecule has 1 aromatic rings. The minimum atomic E-state index is 0.349. The summed E-state index contributed by atoms with van der Waals surface area (Å²) in [6, 6.07) is 8.65. The van der Waals surface area contributed by atoms with E-state index in [9.17, 15) is 0 Å². The molecule has 0 saturated heterocycles. The monoisotopic (exact) mass is 280 g/mol. The van der Waals surface area contributed by atoms with E-state index in [1.54, 1.807) is 7.11 Å². The van der Waals surface area contributed by atoms with Crippen LogP contribution in [0.4, 0.5) is 0 Å². The van der Waals surface area contributed by atoms with Crippen LogP contribution in [0.1, 0.15) is 25.5 Å². The third kappa shape index (κ3) is 6.37. The minimum absolute atomic E-state index is 0.349. The second kappa shape index (κ2) is 9.75. The summed E-state index contributed by atoms with van der Waals surface area (Å²) in [5, 5.41) is 3.53. The predicted molar refractivity (Wildman–Crippen MR) is 83.4 cm³/mol. The second-order valence-electron chi connectivity index (χ2n) is 4.97. The average molecular weight is 280 g/mol. The molecule has 0 bridgehead atoms. The van der Waals surface area contributed by atoms with Gasteiger partial charge in [-0.2, -0.15) is 0 Å². The molecule has 0 saturated carbocycles. The highest BCUT2D eigenvalue weighted by Gasteiger charge is 2.05. The van der Waals surface area contributed by atoms with E-state index in [4.69, 9.17) is 9.47 Å². The number of nitrogens with zero attached hydrogens (tertiary/aromatic N) is 1. The fraction of sp³-hybridized carbons (Fsp3) is 0.625. The van der Waals surface area contributed by atoms with Crippen molar-refractivity contribution in [3.63, 3.8) is 0 Å². The number of benzene rings is 1. The van der Waals surface area contributed by atoms with Crippen LogP contribution < -0.4 is 10.1 Å². The molecule has 1 rings (SSSR count). The number of hydrogen-bond acceptors (Lipinski definition) is 4. The van der Waals surface area contributed by atoms with Crippen molar-refractivity contribution in [3.8, 4) is 5.75 Å². The zero-order valence-corrected chi connectivity index (χ0v) is 13.2. The molecule has 4 nitrogen and oxygen atoms in total. The van der Waals surface area contributed by atoms with Crippen molar-refractivity contribution < 1.29 is 9.47 Å². The van der Waals surface area contributed by atoms with Gasteiger partial charge in [0, 0.05) is 32.8 Å². The Hall–Kier alpha value is -1.10. The van der Waals surface area contributed by atoms with Gasteiger partial charge in [-0.05, 0) is 38.6 Å². The van der Waals surface area contributed by atoms with Crippen LogP contribution in [0.15, 0.2) is 24.3 Å². The number of ether oxygens (including phenoxy) is 2. The van der Waals surface area contributed by atoms with Gasteiger partial charge in [0.15, 0.2) is 0 Å². The summed E-state index contributed by atoms with van der Waals surface area (Å²) in [6.07, 6.45) is 0. The molecule has 114 valence electrons. The number of nitrogens with one attached hydrogen (secondary N) is 1. The van der Waals surface area contributed by atoms with Crippen molar-refractivity contribution >= 4 is 0 Å². The normalized spacial score (nSPS) is 12.7. The van der Waals surface area contributed by atoms with E-state index in [1.807, 2.05) is 19.1 Å². The first-order chi connectivity index (χ1) is 9.67. The molecule has 0 radical (unpaired) electrons. The average Bonchev–Trinajstić information content (AvgIpc) is 2.46. The van der Waals surface area contributed by atoms with Gasteiger partial charge in [0.1, 0.15) is 5.75 Å². The molecule has 0 fully saturated rings. The molecule has 1 unspecified atom stereocenters. The molecule has 0 aliphatic carbocycles. The second-order valence-corrected chi connectivity index (χ2v) is 4.97. The summed E-state index contributed by atoms with van der Waals surface area (Å²) >= 11 is 0. The maximum absolute atomic E-state index is 5.45. The van der Waals surface area contributed by atoms with Crippen LogP contribution in [0.25, 0.3) is 0 Å². The lowest BCUT2D eigenvalue weighted by Gasteiger charge is -2.19. The fourth-order valence-corrected chi connectivity index (χ4v) is 1.97. The largest absolute Gasteiger partial charge is 0.494 e. The van der Waals surface area contributed by atoms with Crippen molar-refractivity contribution in [1.29, 1.82) is 0 Å². The first-order valence-electron chi connectivity index (χ1n) is 7.31. The van der Waals surface area contributed by atoms with Crippen molar-refractivity contribution in [2.24, 2.45) is 0 Å². The van der Waals surface area contributed by atoms with Gasteiger partial charge in [-0.15, -0.1) is 0 Å². The van der Waals surface area contributed by atoms with Gasteiger partial charge in [0.2, 0.25) is 0 Å². The molecule has 0 aliphatic rings. The van der Waals surface area contributed by atoms with Crippen LogP contribution in [0.3, 0.4) is 0 Å². The molecule has 0 heterocycles. The SMILES string of the molecule is CCOc1ccc(C(C)NCCN(C)CCOC)cc1. The van der Waals surface area contributed by atoms with Gasteiger partial charge in [-0.25, -0.2) is 0 Å². The molecule has 0 spiro atoms. The third-order valence-corrected chi connectivity index (χ3v) is 3.31. The Balaban J connectivity index is 2.29. The molecule has 0 aromatic heterocycles. The maximum atomic E-state index is 5.45. The van der Waals surface area contributed by atoms with Gasteiger partial charge < -0.3 is 19.7 Å². The number of likely N-dealkylation sites (N-methyl/N-ethyl adjacent to an activating group) is 1. The minimum Gasteiger partial charge on any atom is -0.494 e. The molecule has 0 aliphatic heterocycles. The molecular weight excluding hydrogens is 252 g/mol. The van der Waals surface area contributed by atoms with Crippen molar-refractivity contribution in [2.75, 3.05) is 47.0 Å². The first-order valence-corrected chi connectivity index (χ1v) is 7.31. The lowest BCUT2D eigenvalue weighted by atomic mass is 10.1. The summed E-state index contributed by atoms with van der Waals surface area (Å²) in [6.45, 7) is 8.63. The van der Waals surface area contributed by atoms with E-state index in [0.717, 1.165) is 32.0 Å². The Morgan fingerprint density at radius 2 is 1.90 bits per heavy atom. The maximum Gasteiger partial charge on any atom is 0.119 e. The highest BCUT2D eigenvalue weighted by atomic mass is 16.5. The Bertz CT molecular complexity index is 354. The van der Waals surface area contributed by atoms with E-state index < -0.39 is 0 Å². The summed E-state index contributed by atoms with van der Waals surface area (Å²) in [4.78, 5) is 2.27. The first kappa shape index (κ1) is 17.0. The van der Waals surface area contributed by atoms with E-state index >= 15 is 0 Å². The van der Waals surface area contributed by atoms with Crippen LogP contribution in [0.5, 0.6) is 5.75 Å². The fourth-order valence-electron chi connectivity index (χ4n) is 1.97. The van der Waals surface area contributed by atoms with E-state index in [-0.39, 0.29) is 0 Å². The molecule has 1 N–H and O–H groups in total. The Morgan fingerprint density at radius 3 is 2.50 bits per heavy atom. The predicted octanol–water partition coefficient (Wildman–Crippen LogP) is 2.31. The van der Waals surface area contributed by atoms with Crippen molar-refractivity contribution in [1.82, 2.24) is 10.2 Å². The standard InChI is InChI=1S/C16H28N2O2/c1-5-20-16-8-6-15(7-9-16)14(2)17-10-11-18(3)12-13-19-4/h6-9,14,17H,5,10-13H2,1-4H3. The summed E-state index contributed by atoms with van der Waals surface area (Å²) in [5.74, 6) is 0.933. The van der Waals surface area contributed by atoms with Crippen LogP contribution >= 0.6 is 0 Å². The van der Waals surface area contributed by atoms with Gasteiger partial charge in [0.05, 0.1) is 13.2 Å². The third-order valence-electron chi connectivity index (χ3n) is 3.31.